The Morgan fingerprint density at radius 2 is 2.00 bits per heavy atom. The molecule has 1 aliphatic rings. The van der Waals surface area contributed by atoms with Crippen molar-refractivity contribution < 1.29 is 27.5 Å². The molecule has 0 spiro atoms. The highest BCUT2D eigenvalue weighted by molar-refractivity contribution is 5.82. The molecule has 0 bridgehead atoms. The first-order valence-electron chi connectivity index (χ1n) is 7.63. The summed E-state index contributed by atoms with van der Waals surface area (Å²) in [5, 5.41) is 2.73. The average molecular weight is 344 g/mol. The lowest BCUT2D eigenvalue weighted by atomic mass is 10.0. The van der Waals surface area contributed by atoms with Crippen molar-refractivity contribution in [2.24, 2.45) is 0 Å². The van der Waals surface area contributed by atoms with Crippen LogP contribution in [0.25, 0.3) is 0 Å². The Kier molecular flexibility index (Phi) is 5.69. The minimum absolute atomic E-state index is 0.0871. The third-order valence-electron chi connectivity index (χ3n) is 3.62. The number of alkyl halides is 3. The summed E-state index contributed by atoms with van der Waals surface area (Å²) in [4.78, 5) is 24.7. The van der Waals surface area contributed by atoms with Crippen molar-refractivity contribution in [2.75, 3.05) is 19.7 Å². The number of carbonyl (C=O) groups is 2. The van der Waals surface area contributed by atoms with Crippen LogP contribution in [0.1, 0.15) is 24.5 Å². The normalized spacial score (nSPS) is 16.5. The molecule has 0 radical (unpaired) electrons. The van der Waals surface area contributed by atoms with Crippen molar-refractivity contribution in [3.63, 3.8) is 0 Å². The van der Waals surface area contributed by atoms with Crippen LogP contribution >= 0.6 is 0 Å². The predicted octanol–water partition coefficient (Wildman–Crippen LogP) is 2.59. The number of hydrogen-bond acceptors (Lipinski definition) is 3. The van der Waals surface area contributed by atoms with E-state index in [2.05, 4.69) is 5.32 Å². The van der Waals surface area contributed by atoms with Gasteiger partial charge in [-0.2, -0.15) is 13.2 Å². The summed E-state index contributed by atoms with van der Waals surface area (Å²) < 4.78 is 42.4. The van der Waals surface area contributed by atoms with E-state index >= 15 is 0 Å². The first-order chi connectivity index (χ1) is 11.3. The van der Waals surface area contributed by atoms with Gasteiger partial charge in [0.2, 0.25) is 5.91 Å². The Labute approximate surface area is 137 Å². The highest BCUT2D eigenvalue weighted by Crippen LogP contribution is 2.29. The molecule has 1 fully saturated rings. The first kappa shape index (κ1) is 18.1. The van der Waals surface area contributed by atoms with E-state index in [-0.39, 0.29) is 18.5 Å². The molecular formula is C16H19F3N2O3. The van der Waals surface area contributed by atoms with Gasteiger partial charge in [0.1, 0.15) is 6.54 Å². The second-order valence-corrected chi connectivity index (χ2v) is 5.76. The quantitative estimate of drug-likeness (QED) is 0.893. The van der Waals surface area contributed by atoms with Gasteiger partial charge in [-0.15, -0.1) is 0 Å². The third-order valence-corrected chi connectivity index (χ3v) is 3.62. The topological polar surface area (TPSA) is 58.6 Å². The van der Waals surface area contributed by atoms with E-state index < -0.39 is 17.8 Å². The van der Waals surface area contributed by atoms with Gasteiger partial charge >= 0.3 is 12.3 Å². The van der Waals surface area contributed by atoms with E-state index in [1.165, 1.54) is 17.0 Å². The van der Waals surface area contributed by atoms with Crippen molar-refractivity contribution in [1.82, 2.24) is 10.2 Å². The molecule has 1 aliphatic heterocycles. The number of cyclic esters (lactones) is 1. The van der Waals surface area contributed by atoms with Gasteiger partial charge in [-0.05, 0) is 37.5 Å². The molecule has 1 atom stereocenters. The van der Waals surface area contributed by atoms with Gasteiger partial charge in [0.15, 0.2) is 0 Å². The lowest BCUT2D eigenvalue weighted by molar-refractivity contribution is -0.137. The molecule has 2 rings (SSSR count). The third kappa shape index (κ3) is 5.14. The SMILES string of the molecule is C[C@H](Cc1ccc(C(F)(F)F)cc1)NC(=O)CN1CCCOC1=O. The molecule has 132 valence electrons. The number of nitrogens with zero attached hydrogens (tertiary/aromatic N) is 1. The Morgan fingerprint density at radius 1 is 1.33 bits per heavy atom. The summed E-state index contributed by atoms with van der Waals surface area (Å²) in [6.07, 6.45) is -3.79. The number of hydrogen-bond donors (Lipinski definition) is 1. The van der Waals surface area contributed by atoms with E-state index in [4.69, 9.17) is 4.74 Å². The van der Waals surface area contributed by atoms with E-state index in [0.717, 1.165) is 12.1 Å². The molecule has 0 aliphatic carbocycles. The van der Waals surface area contributed by atoms with Gasteiger partial charge in [0.05, 0.1) is 12.2 Å². The fourth-order valence-electron chi connectivity index (χ4n) is 2.47. The molecule has 24 heavy (non-hydrogen) atoms. The van der Waals surface area contributed by atoms with Crippen LogP contribution in [0.2, 0.25) is 0 Å². The Bertz CT molecular complexity index is 587. The Hall–Kier alpha value is -2.25. The van der Waals surface area contributed by atoms with Crippen LogP contribution < -0.4 is 5.32 Å². The monoisotopic (exact) mass is 344 g/mol. The molecule has 1 heterocycles. The molecule has 1 aromatic carbocycles. The van der Waals surface area contributed by atoms with Gasteiger partial charge in [-0.25, -0.2) is 4.79 Å². The highest BCUT2D eigenvalue weighted by atomic mass is 19.4. The van der Waals surface area contributed by atoms with E-state index in [9.17, 15) is 22.8 Å². The summed E-state index contributed by atoms with van der Waals surface area (Å²) >= 11 is 0. The van der Waals surface area contributed by atoms with Crippen molar-refractivity contribution in [3.05, 3.63) is 35.4 Å². The molecule has 1 aromatic rings. The lowest BCUT2D eigenvalue weighted by Crippen LogP contribution is -2.46. The molecule has 0 unspecified atom stereocenters. The Morgan fingerprint density at radius 3 is 2.58 bits per heavy atom. The number of halogens is 3. The number of rotatable bonds is 5. The van der Waals surface area contributed by atoms with Crippen LogP contribution in [-0.4, -0.2) is 42.6 Å². The van der Waals surface area contributed by atoms with Crippen LogP contribution in [0.4, 0.5) is 18.0 Å². The summed E-state index contributed by atoms with van der Waals surface area (Å²) in [6, 6.07) is 4.57. The predicted molar refractivity (Wildman–Crippen MR) is 80.3 cm³/mol. The van der Waals surface area contributed by atoms with Crippen LogP contribution in [0.3, 0.4) is 0 Å². The number of carbonyl (C=O) groups excluding carboxylic acids is 2. The summed E-state index contributed by atoms with van der Waals surface area (Å²) in [5.41, 5.74) is -0.0141. The maximum atomic E-state index is 12.5. The average Bonchev–Trinajstić information content (AvgIpc) is 2.49. The number of benzene rings is 1. The molecular weight excluding hydrogens is 325 g/mol. The molecule has 0 aromatic heterocycles. The van der Waals surface area contributed by atoms with Crippen molar-refractivity contribution in [2.45, 2.75) is 32.0 Å². The maximum Gasteiger partial charge on any atom is 0.416 e. The van der Waals surface area contributed by atoms with E-state index in [1.54, 1.807) is 6.92 Å². The van der Waals surface area contributed by atoms with Crippen LogP contribution in [-0.2, 0) is 22.1 Å². The zero-order valence-electron chi connectivity index (χ0n) is 13.2. The summed E-state index contributed by atoms with van der Waals surface area (Å²) in [7, 11) is 0. The number of ether oxygens (including phenoxy) is 1. The molecule has 5 nitrogen and oxygen atoms in total. The second kappa shape index (κ2) is 7.55. The van der Waals surface area contributed by atoms with Crippen LogP contribution in [0.5, 0.6) is 0 Å². The Balaban J connectivity index is 1.82. The standard InChI is InChI=1S/C16H19F3N2O3/c1-11(9-12-3-5-13(6-4-12)16(17,18)19)20-14(22)10-21-7-2-8-24-15(21)23/h3-6,11H,2,7-10H2,1H3,(H,20,22)/t11-/m1/s1. The van der Waals surface area contributed by atoms with Gasteiger partial charge < -0.3 is 10.1 Å². The molecule has 8 heteroatoms. The van der Waals surface area contributed by atoms with Gasteiger partial charge in [0.25, 0.3) is 0 Å². The molecule has 2 amide bonds. The van der Waals surface area contributed by atoms with Crippen molar-refractivity contribution in [1.29, 1.82) is 0 Å². The fraction of sp³-hybridized carbons (Fsp3) is 0.500. The van der Waals surface area contributed by atoms with Gasteiger partial charge in [0, 0.05) is 12.6 Å². The van der Waals surface area contributed by atoms with Crippen LogP contribution in [0, 0.1) is 0 Å². The van der Waals surface area contributed by atoms with Gasteiger partial charge in [-0.1, -0.05) is 12.1 Å². The maximum absolute atomic E-state index is 12.5. The first-order valence-corrected chi connectivity index (χ1v) is 7.63. The molecule has 0 saturated carbocycles. The zero-order valence-corrected chi connectivity index (χ0v) is 13.2. The smallest absolute Gasteiger partial charge is 0.416 e. The zero-order chi connectivity index (χ0) is 17.7. The largest absolute Gasteiger partial charge is 0.449 e. The highest BCUT2D eigenvalue weighted by Gasteiger charge is 2.30. The van der Waals surface area contributed by atoms with Crippen molar-refractivity contribution >= 4 is 12.0 Å². The van der Waals surface area contributed by atoms with Gasteiger partial charge in [-0.3, -0.25) is 9.69 Å². The molecule has 1 saturated heterocycles. The lowest BCUT2D eigenvalue weighted by Gasteiger charge is -2.26. The second-order valence-electron chi connectivity index (χ2n) is 5.76. The minimum Gasteiger partial charge on any atom is -0.449 e. The number of nitrogens with one attached hydrogen (secondary N) is 1. The molecule has 1 N–H and O–H groups in total. The summed E-state index contributed by atoms with van der Waals surface area (Å²) in [5.74, 6) is -0.326. The van der Waals surface area contributed by atoms with E-state index in [1.807, 2.05) is 0 Å². The fourth-order valence-corrected chi connectivity index (χ4v) is 2.47. The van der Waals surface area contributed by atoms with Crippen molar-refractivity contribution in [3.8, 4) is 0 Å². The summed E-state index contributed by atoms with van der Waals surface area (Å²) in [6.45, 7) is 2.50. The van der Waals surface area contributed by atoms with Crippen LogP contribution in [0.15, 0.2) is 24.3 Å². The van der Waals surface area contributed by atoms with E-state index in [0.29, 0.717) is 31.6 Å². The minimum atomic E-state index is -4.36. The number of amides is 2.